The summed E-state index contributed by atoms with van der Waals surface area (Å²) in [5, 5.41) is 3.52. The van der Waals surface area contributed by atoms with Crippen LogP contribution < -0.4 is 5.73 Å². The summed E-state index contributed by atoms with van der Waals surface area (Å²) in [6.07, 6.45) is 5.37. The number of hydrogen-bond donors (Lipinski definition) is 1. The van der Waals surface area contributed by atoms with Crippen molar-refractivity contribution in [3.63, 3.8) is 0 Å². The molecule has 3 nitrogen and oxygen atoms in total. The molecule has 1 saturated carbocycles. The van der Waals surface area contributed by atoms with Crippen LogP contribution in [-0.2, 0) is 10.2 Å². The second-order valence-corrected chi connectivity index (χ2v) is 5.92. The molecule has 4 heteroatoms. The minimum absolute atomic E-state index is 0.0351. The molecule has 88 valence electrons. The summed E-state index contributed by atoms with van der Waals surface area (Å²) >= 11 is 1.82. The molecule has 0 spiro atoms. The zero-order chi connectivity index (χ0) is 11.0. The SMILES string of the molecule is NCC1(c2csc(C3CCCC3)n2)COC1. The van der Waals surface area contributed by atoms with Crippen molar-refractivity contribution in [2.24, 2.45) is 5.73 Å². The predicted octanol–water partition coefficient (Wildman–Crippen LogP) is 2.03. The number of thiazole rings is 1. The fraction of sp³-hybridized carbons (Fsp3) is 0.750. The summed E-state index contributed by atoms with van der Waals surface area (Å²) in [6.45, 7) is 2.15. The zero-order valence-corrected chi connectivity index (χ0v) is 10.3. The molecule has 1 aliphatic carbocycles. The molecule has 0 bridgehead atoms. The highest BCUT2D eigenvalue weighted by atomic mass is 32.1. The first-order chi connectivity index (χ1) is 7.84. The molecule has 1 aromatic heterocycles. The molecule has 0 atom stereocenters. The normalized spacial score (nSPS) is 24.6. The van der Waals surface area contributed by atoms with Gasteiger partial charge >= 0.3 is 0 Å². The maximum Gasteiger partial charge on any atom is 0.0959 e. The summed E-state index contributed by atoms with van der Waals surface area (Å²) < 4.78 is 5.30. The van der Waals surface area contributed by atoms with Gasteiger partial charge in [-0.05, 0) is 12.8 Å². The van der Waals surface area contributed by atoms with Gasteiger partial charge in [0.15, 0.2) is 0 Å². The molecule has 0 radical (unpaired) electrons. The van der Waals surface area contributed by atoms with Gasteiger partial charge in [0.25, 0.3) is 0 Å². The minimum atomic E-state index is 0.0351. The van der Waals surface area contributed by atoms with E-state index in [-0.39, 0.29) is 5.41 Å². The third kappa shape index (κ3) is 1.60. The molecule has 3 rings (SSSR count). The standard InChI is InChI=1S/C12H18N2OS/c13-6-12(7-15-8-12)10-5-16-11(14-10)9-3-1-2-4-9/h5,9H,1-4,6-8,13H2. The Morgan fingerprint density at radius 3 is 2.75 bits per heavy atom. The number of nitrogens with two attached hydrogens (primary N) is 1. The number of ether oxygens (including phenoxy) is 1. The lowest BCUT2D eigenvalue weighted by Crippen LogP contribution is -2.52. The smallest absolute Gasteiger partial charge is 0.0959 e. The highest BCUT2D eigenvalue weighted by Crippen LogP contribution is 2.38. The van der Waals surface area contributed by atoms with Crippen molar-refractivity contribution in [3.8, 4) is 0 Å². The van der Waals surface area contributed by atoms with Crippen molar-refractivity contribution >= 4 is 11.3 Å². The third-order valence-electron chi connectivity index (χ3n) is 3.92. The number of nitrogens with zero attached hydrogens (tertiary/aromatic N) is 1. The van der Waals surface area contributed by atoms with Gasteiger partial charge < -0.3 is 10.5 Å². The largest absolute Gasteiger partial charge is 0.379 e. The van der Waals surface area contributed by atoms with Crippen molar-refractivity contribution in [2.45, 2.75) is 37.0 Å². The molecule has 2 aliphatic rings. The van der Waals surface area contributed by atoms with E-state index in [9.17, 15) is 0 Å². The number of aromatic nitrogens is 1. The third-order valence-corrected chi connectivity index (χ3v) is 4.92. The van der Waals surface area contributed by atoms with Gasteiger partial charge in [0.05, 0.1) is 29.3 Å². The van der Waals surface area contributed by atoms with Crippen molar-refractivity contribution in [1.82, 2.24) is 4.98 Å². The first kappa shape index (κ1) is 10.7. The van der Waals surface area contributed by atoms with Crippen LogP contribution in [0, 0.1) is 0 Å². The van der Waals surface area contributed by atoms with Crippen LogP contribution >= 0.6 is 11.3 Å². The van der Waals surface area contributed by atoms with Crippen molar-refractivity contribution in [1.29, 1.82) is 0 Å². The Kier molecular flexibility index (Phi) is 2.73. The van der Waals surface area contributed by atoms with Gasteiger partial charge in [-0.15, -0.1) is 11.3 Å². The van der Waals surface area contributed by atoms with E-state index in [0.29, 0.717) is 6.54 Å². The van der Waals surface area contributed by atoms with Crippen LogP contribution in [0.4, 0.5) is 0 Å². The summed E-state index contributed by atoms with van der Waals surface area (Å²) in [5.41, 5.74) is 7.06. The summed E-state index contributed by atoms with van der Waals surface area (Å²) in [7, 11) is 0. The molecule has 2 heterocycles. The molecular weight excluding hydrogens is 220 g/mol. The van der Waals surface area contributed by atoms with E-state index < -0.39 is 0 Å². The molecule has 0 aromatic carbocycles. The first-order valence-electron chi connectivity index (χ1n) is 6.08. The molecule has 1 aliphatic heterocycles. The van der Waals surface area contributed by atoms with E-state index in [1.807, 2.05) is 11.3 Å². The molecular formula is C12H18N2OS. The van der Waals surface area contributed by atoms with E-state index in [0.717, 1.165) is 19.1 Å². The van der Waals surface area contributed by atoms with E-state index in [1.165, 1.54) is 36.4 Å². The van der Waals surface area contributed by atoms with E-state index in [4.69, 9.17) is 15.5 Å². The zero-order valence-electron chi connectivity index (χ0n) is 9.45. The van der Waals surface area contributed by atoms with Crippen LogP contribution in [0.2, 0.25) is 0 Å². The first-order valence-corrected chi connectivity index (χ1v) is 6.96. The molecule has 1 aromatic rings. The Hall–Kier alpha value is -0.450. The second-order valence-electron chi connectivity index (χ2n) is 5.03. The second kappa shape index (κ2) is 4.09. The van der Waals surface area contributed by atoms with E-state index in [1.54, 1.807) is 0 Å². The fourth-order valence-corrected chi connectivity index (χ4v) is 3.72. The van der Waals surface area contributed by atoms with E-state index in [2.05, 4.69) is 5.38 Å². The summed E-state index contributed by atoms with van der Waals surface area (Å²) in [4.78, 5) is 4.82. The van der Waals surface area contributed by atoms with Gasteiger partial charge in [-0.1, -0.05) is 12.8 Å². The fourth-order valence-electron chi connectivity index (χ4n) is 2.61. The lowest BCUT2D eigenvalue weighted by Gasteiger charge is -2.39. The van der Waals surface area contributed by atoms with Gasteiger partial charge in [0.1, 0.15) is 0 Å². The average molecular weight is 238 g/mol. The monoisotopic (exact) mass is 238 g/mol. The molecule has 16 heavy (non-hydrogen) atoms. The Bertz CT molecular complexity index is 361. The van der Waals surface area contributed by atoms with E-state index >= 15 is 0 Å². The number of rotatable bonds is 3. The predicted molar refractivity (Wildman–Crippen MR) is 64.9 cm³/mol. The maximum absolute atomic E-state index is 5.85. The molecule has 0 amide bonds. The van der Waals surface area contributed by atoms with Gasteiger partial charge in [0, 0.05) is 17.8 Å². The highest BCUT2D eigenvalue weighted by Gasteiger charge is 2.41. The van der Waals surface area contributed by atoms with Crippen LogP contribution in [0.1, 0.15) is 42.3 Å². The Balaban J connectivity index is 1.81. The van der Waals surface area contributed by atoms with Gasteiger partial charge in [0.2, 0.25) is 0 Å². The van der Waals surface area contributed by atoms with Crippen molar-refractivity contribution in [3.05, 3.63) is 16.1 Å². The number of hydrogen-bond acceptors (Lipinski definition) is 4. The molecule has 2 N–H and O–H groups in total. The quantitative estimate of drug-likeness (QED) is 0.876. The lowest BCUT2D eigenvalue weighted by molar-refractivity contribution is -0.0569. The highest BCUT2D eigenvalue weighted by molar-refractivity contribution is 7.09. The molecule has 0 unspecified atom stereocenters. The average Bonchev–Trinajstić information content (AvgIpc) is 2.86. The Morgan fingerprint density at radius 1 is 1.44 bits per heavy atom. The maximum atomic E-state index is 5.85. The van der Waals surface area contributed by atoms with Crippen molar-refractivity contribution in [2.75, 3.05) is 19.8 Å². The Morgan fingerprint density at radius 2 is 2.19 bits per heavy atom. The topological polar surface area (TPSA) is 48.1 Å². The Labute approximate surface area is 100 Å². The van der Waals surface area contributed by atoms with Crippen molar-refractivity contribution < 1.29 is 4.74 Å². The van der Waals surface area contributed by atoms with Crippen LogP contribution in [0.5, 0.6) is 0 Å². The van der Waals surface area contributed by atoms with Gasteiger partial charge in [-0.25, -0.2) is 4.98 Å². The van der Waals surface area contributed by atoms with Crippen LogP contribution in [0.3, 0.4) is 0 Å². The summed E-state index contributed by atoms with van der Waals surface area (Å²) in [5.74, 6) is 0.717. The van der Waals surface area contributed by atoms with Crippen LogP contribution in [0.25, 0.3) is 0 Å². The van der Waals surface area contributed by atoms with Crippen LogP contribution in [-0.4, -0.2) is 24.7 Å². The summed E-state index contributed by atoms with van der Waals surface area (Å²) in [6, 6.07) is 0. The molecule has 2 fully saturated rings. The van der Waals surface area contributed by atoms with Gasteiger partial charge in [-0.3, -0.25) is 0 Å². The minimum Gasteiger partial charge on any atom is -0.379 e. The molecule has 1 saturated heterocycles. The lowest BCUT2D eigenvalue weighted by atomic mass is 9.83. The van der Waals surface area contributed by atoms with Crippen LogP contribution in [0.15, 0.2) is 5.38 Å². The van der Waals surface area contributed by atoms with Gasteiger partial charge in [-0.2, -0.15) is 0 Å².